The maximum absolute atomic E-state index is 2.26. The first-order valence-corrected chi connectivity index (χ1v) is 3.18. The average Bonchev–Trinajstić information content (AvgIpc) is 1.66. The molecule has 0 aliphatic heterocycles. The van der Waals surface area contributed by atoms with Crippen LogP contribution in [0, 0.1) is 6.42 Å². The second-order valence-corrected chi connectivity index (χ2v) is 2.27. The third-order valence-electron chi connectivity index (χ3n) is 1.01. The zero-order valence-electron chi connectivity index (χ0n) is 6.07. The second-order valence-electron chi connectivity index (χ2n) is 2.27. The first-order chi connectivity index (χ1) is 3.77. The Morgan fingerprint density at radius 2 is 1.88 bits per heavy atom. The van der Waals surface area contributed by atoms with E-state index in [4.69, 9.17) is 0 Å². The van der Waals surface area contributed by atoms with Gasteiger partial charge in [0.15, 0.2) is 0 Å². The van der Waals surface area contributed by atoms with Gasteiger partial charge in [-0.1, -0.05) is 18.6 Å². The predicted molar refractivity (Wildman–Crippen MR) is 38.6 cm³/mol. The van der Waals surface area contributed by atoms with Crippen LogP contribution in [0.3, 0.4) is 0 Å². The standard InChI is InChI=1S/C8H15/c1-4-5-6-7-8(2)3/h4,7H,5-6H2,1-3H3. The highest BCUT2D eigenvalue weighted by atomic mass is 13.8. The molecule has 8 heavy (non-hydrogen) atoms. The predicted octanol–water partition coefficient (Wildman–Crippen LogP) is 2.96. The smallest absolute Gasteiger partial charge is 0.0346 e. The van der Waals surface area contributed by atoms with E-state index in [-0.39, 0.29) is 0 Å². The third kappa shape index (κ3) is 5.74. The van der Waals surface area contributed by atoms with Crippen molar-refractivity contribution in [1.29, 1.82) is 0 Å². The molecular formula is C8H15. The second kappa shape index (κ2) is 4.89. The van der Waals surface area contributed by atoms with E-state index in [2.05, 4.69) is 33.3 Å². The minimum absolute atomic E-state index is 1.21. The van der Waals surface area contributed by atoms with Gasteiger partial charge in [0, 0.05) is 0 Å². The molecule has 0 fully saturated rings. The Labute approximate surface area is 52.6 Å². The lowest BCUT2D eigenvalue weighted by Gasteiger charge is -1.88. The number of unbranched alkanes of at least 4 members (excludes halogenated alkanes) is 2. The number of rotatable bonds is 3. The largest absolute Gasteiger partial charge is 0.0859 e. The van der Waals surface area contributed by atoms with Crippen molar-refractivity contribution in [2.24, 2.45) is 0 Å². The van der Waals surface area contributed by atoms with Crippen molar-refractivity contribution in [3.8, 4) is 0 Å². The van der Waals surface area contributed by atoms with Gasteiger partial charge in [-0.25, -0.2) is 0 Å². The van der Waals surface area contributed by atoms with E-state index in [1.54, 1.807) is 0 Å². The summed E-state index contributed by atoms with van der Waals surface area (Å²) in [6, 6.07) is 0. The fourth-order valence-electron chi connectivity index (χ4n) is 0.539. The van der Waals surface area contributed by atoms with Crippen LogP contribution in [0.1, 0.15) is 33.6 Å². The van der Waals surface area contributed by atoms with Crippen molar-refractivity contribution in [2.75, 3.05) is 0 Å². The highest BCUT2D eigenvalue weighted by Gasteiger charge is 1.78. The van der Waals surface area contributed by atoms with Crippen LogP contribution in [0.25, 0.3) is 0 Å². The van der Waals surface area contributed by atoms with Crippen LogP contribution >= 0.6 is 0 Å². The molecule has 47 valence electrons. The molecule has 0 rings (SSSR count). The summed E-state index contributed by atoms with van der Waals surface area (Å²) in [5, 5.41) is 0. The number of hydrogen-bond acceptors (Lipinski definition) is 0. The summed E-state index contributed by atoms with van der Waals surface area (Å²) in [4.78, 5) is 0. The van der Waals surface area contributed by atoms with Gasteiger partial charge in [-0.2, -0.15) is 0 Å². The molecule has 0 nitrogen and oxygen atoms in total. The Morgan fingerprint density at radius 3 is 2.25 bits per heavy atom. The normalized spacial score (nSPS) is 8.88. The third-order valence-corrected chi connectivity index (χ3v) is 1.01. The Morgan fingerprint density at radius 1 is 1.25 bits per heavy atom. The van der Waals surface area contributed by atoms with E-state index in [0.717, 1.165) is 0 Å². The van der Waals surface area contributed by atoms with Gasteiger partial charge in [-0.15, -0.1) is 0 Å². The van der Waals surface area contributed by atoms with Gasteiger partial charge < -0.3 is 0 Å². The molecule has 0 saturated carbocycles. The average molecular weight is 111 g/mol. The molecule has 0 aliphatic rings. The Balaban J connectivity index is 3.03. The van der Waals surface area contributed by atoms with Crippen LogP contribution in [0.2, 0.25) is 0 Å². The molecule has 0 heteroatoms. The van der Waals surface area contributed by atoms with Gasteiger partial charge in [0.05, 0.1) is 0 Å². The highest BCUT2D eigenvalue weighted by molar-refractivity contribution is 4.93. The molecule has 0 N–H and O–H groups in total. The summed E-state index contributed by atoms with van der Waals surface area (Å²) < 4.78 is 0. The summed E-state index contributed by atoms with van der Waals surface area (Å²) in [7, 11) is 0. The first-order valence-electron chi connectivity index (χ1n) is 3.18. The fraction of sp³-hybridized carbons (Fsp3) is 0.625. The van der Waals surface area contributed by atoms with Gasteiger partial charge in [0.1, 0.15) is 0 Å². The molecule has 0 aromatic rings. The molecular weight excluding hydrogens is 96.1 g/mol. The van der Waals surface area contributed by atoms with Crippen molar-refractivity contribution in [1.82, 2.24) is 0 Å². The van der Waals surface area contributed by atoms with Crippen LogP contribution in [0.4, 0.5) is 0 Å². The van der Waals surface area contributed by atoms with E-state index in [0.29, 0.717) is 0 Å². The van der Waals surface area contributed by atoms with Crippen molar-refractivity contribution in [3.05, 3.63) is 18.1 Å². The molecule has 0 atom stereocenters. The minimum atomic E-state index is 1.21. The van der Waals surface area contributed by atoms with E-state index in [1.165, 1.54) is 18.4 Å². The summed E-state index contributed by atoms with van der Waals surface area (Å²) in [5.41, 5.74) is 1.42. The van der Waals surface area contributed by atoms with E-state index < -0.39 is 0 Å². The summed E-state index contributed by atoms with van der Waals surface area (Å²) in [5.74, 6) is 0. The van der Waals surface area contributed by atoms with Crippen molar-refractivity contribution in [3.63, 3.8) is 0 Å². The SMILES string of the molecule is C[CH]CCC=C(C)C. The molecule has 0 aromatic heterocycles. The van der Waals surface area contributed by atoms with Gasteiger partial charge in [0.25, 0.3) is 0 Å². The highest BCUT2D eigenvalue weighted by Crippen LogP contribution is 1.97. The Kier molecular flexibility index (Phi) is 4.73. The first kappa shape index (κ1) is 7.74. The maximum atomic E-state index is 2.26. The molecule has 0 aliphatic carbocycles. The fourth-order valence-corrected chi connectivity index (χ4v) is 0.539. The lowest BCUT2D eigenvalue weighted by molar-refractivity contribution is 0.963. The van der Waals surface area contributed by atoms with Gasteiger partial charge in [-0.05, 0) is 33.1 Å². The van der Waals surface area contributed by atoms with Gasteiger partial charge in [0.2, 0.25) is 0 Å². The van der Waals surface area contributed by atoms with E-state index >= 15 is 0 Å². The van der Waals surface area contributed by atoms with Gasteiger partial charge in [-0.3, -0.25) is 0 Å². The van der Waals surface area contributed by atoms with Gasteiger partial charge >= 0.3 is 0 Å². The zero-order chi connectivity index (χ0) is 6.41. The Bertz CT molecular complexity index is 66.1. The van der Waals surface area contributed by atoms with Crippen LogP contribution in [-0.2, 0) is 0 Å². The summed E-state index contributed by atoms with van der Waals surface area (Å²) >= 11 is 0. The van der Waals surface area contributed by atoms with Crippen LogP contribution in [0.15, 0.2) is 11.6 Å². The minimum Gasteiger partial charge on any atom is -0.0859 e. The van der Waals surface area contributed by atoms with Crippen molar-refractivity contribution < 1.29 is 0 Å². The lowest BCUT2D eigenvalue weighted by atomic mass is 10.2. The topological polar surface area (TPSA) is 0 Å². The Hall–Kier alpha value is -0.260. The molecule has 0 unspecified atom stereocenters. The van der Waals surface area contributed by atoms with E-state index in [1.807, 2.05) is 0 Å². The quantitative estimate of drug-likeness (QED) is 0.388. The van der Waals surface area contributed by atoms with Crippen LogP contribution < -0.4 is 0 Å². The lowest BCUT2D eigenvalue weighted by Crippen LogP contribution is -1.69. The zero-order valence-corrected chi connectivity index (χ0v) is 6.07. The summed E-state index contributed by atoms with van der Waals surface area (Å²) in [6.45, 7) is 6.37. The molecule has 0 bridgehead atoms. The number of allylic oxidation sites excluding steroid dienone is 2. The molecule has 0 amide bonds. The van der Waals surface area contributed by atoms with Crippen molar-refractivity contribution in [2.45, 2.75) is 33.6 Å². The maximum Gasteiger partial charge on any atom is -0.0346 e. The summed E-state index contributed by atoms with van der Waals surface area (Å²) in [6.07, 6.45) is 6.88. The molecule has 0 heterocycles. The monoisotopic (exact) mass is 111 g/mol. The van der Waals surface area contributed by atoms with Crippen LogP contribution in [0.5, 0.6) is 0 Å². The van der Waals surface area contributed by atoms with E-state index in [9.17, 15) is 0 Å². The van der Waals surface area contributed by atoms with Crippen LogP contribution in [-0.4, -0.2) is 0 Å². The molecule has 1 radical (unpaired) electrons. The molecule has 0 aromatic carbocycles. The molecule has 0 spiro atoms. The van der Waals surface area contributed by atoms with Crippen molar-refractivity contribution >= 4 is 0 Å². The molecule has 0 saturated heterocycles. The number of hydrogen-bond donors (Lipinski definition) is 0.